The Morgan fingerprint density at radius 3 is 3.07 bits per heavy atom. The lowest BCUT2D eigenvalue weighted by Gasteiger charge is -2.09. The number of rotatable bonds is 3. The normalized spacial score (nSPS) is 13.3. The minimum atomic E-state index is -0.411. The number of thiophene rings is 1. The summed E-state index contributed by atoms with van der Waals surface area (Å²) in [5.41, 5.74) is 0.981. The second-order valence-corrected chi connectivity index (χ2v) is 4.24. The van der Waals surface area contributed by atoms with Crippen molar-refractivity contribution in [2.24, 2.45) is 0 Å². The highest BCUT2D eigenvalue weighted by atomic mass is 32.1. The second kappa shape index (κ2) is 4.09. The van der Waals surface area contributed by atoms with Crippen LogP contribution in [0.3, 0.4) is 0 Å². The van der Waals surface area contributed by atoms with E-state index in [0.717, 1.165) is 5.56 Å². The van der Waals surface area contributed by atoms with E-state index in [9.17, 15) is 5.11 Å². The van der Waals surface area contributed by atoms with Crippen molar-refractivity contribution in [3.8, 4) is 0 Å². The highest BCUT2D eigenvalue weighted by Gasteiger charge is 2.06. The van der Waals surface area contributed by atoms with Gasteiger partial charge < -0.3 is 10.4 Å². The van der Waals surface area contributed by atoms with E-state index in [2.05, 4.69) is 28.9 Å². The van der Waals surface area contributed by atoms with Gasteiger partial charge in [0.15, 0.2) is 0 Å². The molecule has 2 rings (SSSR count). The maximum Gasteiger partial charge on any atom is 0.0914 e. The molecule has 0 saturated heterocycles. The van der Waals surface area contributed by atoms with Crippen molar-refractivity contribution in [2.75, 3.05) is 13.6 Å². The fourth-order valence-electron chi connectivity index (χ4n) is 1.49. The molecule has 1 heterocycles. The molecule has 14 heavy (non-hydrogen) atoms. The molecule has 0 aliphatic heterocycles. The molecule has 3 heteroatoms. The standard InChI is InChI=1S/C11H13NOS/c1-12-7-10(13)9-3-2-8-4-5-14-11(8)6-9/h2-6,10,12-13H,7H2,1H3. The van der Waals surface area contributed by atoms with Crippen molar-refractivity contribution in [1.82, 2.24) is 5.32 Å². The summed E-state index contributed by atoms with van der Waals surface area (Å²) >= 11 is 1.71. The van der Waals surface area contributed by atoms with Crippen molar-refractivity contribution in [1.29, 1.82) is 0 Å². The minimum absolute atomic E-state index is 0.411. The van der Waals surface area contributed by atoms with Crippen LogP contribution >= 0.6 is 11.3 Å². The van der Waals surface area contributed by atoms with Crippen molar-refractivity contribution in [3.63, 3.8) is 0 Å². The first-order chi connectivity index (χ1) is 6.81. The quantitative estimate of drug-likeness (QED) is 0.808. The van der Waals surface area contributed by atoms with E-state index in [-0.39, 0.29) is 0 Å². The van der Waals surface area contributed by atoms with Gasteiger partial charge in [-0.1, -0.05) is 12.1 Å². The summed E-state index contributed by atoms with van der Waals surface area (Å²) in [6.07, 6.45) is -0.411. The van der Waals surface area contributed by atoms with Gasteiger partial charge in [0.1, 0.15) is 0 Å². The maximum atomic E-state index is 9.76. The van der Waals surface area contributed by atoms with Gasteiger partial charge in [0.25, 0.3) is 0 Å². The van der Waals surface area contributed by atoms with E-state index in [1.54, 1.807) is 11.3 Å². The first-order valence-corrected chi connectivity index (χ1v) is 5.49. The van der Waals surface area contributed by atoms with Crippen molar-refractivity contribution in [3.05, 3.63) is 35.2 Å². The zero-order valence-corrected chi connectivity index (χ0v) is 8.84. The molecule has 0 spiro atoms. The number of likely N-dealkylation sites (N-methyl/N-ethyl adjacent to an activating group) is 1. The Hall–Kier alpha value is -0.900. The van der Waals surface area contributed by atoms with E-state index in [0.29, 0.717) is 6.54 Å². The smallest absolute Gasteiger partial charge is 0.0914 e. The van der Waals surface area contributed by atoms with Crippen LogP contribution in [-0.2, 0) is 0 Å². The SMILES string of the molecule is CNCC(O)c1ccc2ccsc2c1. The predicted octanol–water partition coefficient (Wildman–Crippen LogP) is 2.15. The molecule has 1 aromatic heterocycles. The summed E-state index contributed by atoms with van der Waals surface area (Å²) in [6, 6.07) is 8.19. The van der Waals surface area contributed by atoms with E-state index in [1.165, 1.54) is 10.1 Å². The molecule has 0 fully saturated rings. The summed E-state index contributed by atoms with van der Waals surface area (Å²) < 4.78 is 1.23. The summed E-state index contributed by atoms with van der Waals surface area (Å²) in [4.78, 5) is 0. The van der Waals surface area contributed by atoms with Gasteiger partial charge in [-0.15, -0.1) is 11.3 Å². The number of aliphatic hydroxyl groups is 1. The summed E-state index contributed by atoms with van der Waals surface area (Å²) in [5.74, 6) is 0. The molecule has 1 unspecified atom stereocenters. The highest BCUT2D eigenvalue weighted by Crippen LogP contribution is 2.24. The van der Waals surface area contributed by atoms with Crippen LogP contribution in [0.5, 0.6) is 0 Å². The molecule has 1 atom stereocenters. The Morgan fingerprint density at radius 1 is 1.43 bits per heavy atom. The summed E-state index contributed by atoms with van der Waals surface area (Å²) in [7, 11) is 1.84. The molecule has 0 saturated carbocycles. The number of fused-ring (bicyclic) bond motifs is 1. The number of nitrogens with one attached hydrogen (secondary N) is 1. The first kappa shape index (κ1) is 9.65. The van der Waals surface area contributed by atoms with Crippen molar-refractivity contribution >= 4 is 21.4 Å². The van der Waals surface area contributed by atoms with Crippen LogP contribution in [0.2, 0.25) is 0 Å². The van der Waals surface area contributed by atoms with E-state index in [1.807, 2.05) is 13.1 Å². The predicted molar refractivity (Wildman–Crippen MR) is 60.7 cm³/mol. The number of hydrogen-bond acceptors (Lipinski definition) is 3. The van der Waals surface area contributed by atoms with Gasteiger partial charge in [-0.2, -0.15) is 0 Å². The Bertz CT molecular complexity index is 424. The first-order valence-electron chi connectivity index (χ1n) is 4.61. The van der Waals surface area contributed by atoms with Crippen LogP contribution in [0.4, 0.5) is 0 Å². The maximum absolute atomic E-state index is 9.76. The molecule has 0 aliphatic rings. The topological polar surface area (TPSA) is 32.3 Å². The zero-order valence-electron chi connectivity index (χ0n) is 8.03. The summed E-state index contributed by atoms with van der Waals surface area (Å²) in [6.45, 7) is 0.594. The Labute approximate surface area is 87.2 Å². The third-order valence-electron chi connectivity index (χ3n) is 2.26. The number of aliphatic hydroxyl groups excluding tert-OH is 1. The van der Waals surface area contributed by atoms with Gasteiger partial charge in [-0.25, -0.2) is 0 Å². The third kappa shape index (κ3) is 1.80. The molecule has 0 radical (unpaired) electrons. The largest absolute Gasteiger partial charge is 0.387 e. The van der Waals surface area contributed by atoms with Gasteiger partial charge in [0, 0.05) is 11.2 Å². The van der Waals surface area contributed by atoms with Gasteiger partial charge in [-0.3, -0.25) is 0 Å². The lowest BCUT2D eigenvalue weighted by atomic mass is 10.1. The van der Waals surface area contributed by atoms with Crippen LogP contribution in [0.15, 0.2) is 29.6 Å². The molecule has 2 nitrogen and oxygen atoms in total. The average molecular weight is 207 g/mol. The molecular formula is C11H13NOS. The second-order valence-electron chi connectivity index (χ2n) is 3.29. The Morgan fingerprint density at radius 2 is 2.29 bits per heavy atom. The van der Waals surface area contributed by atoms with Crippen molar-refractivity contribution < 1.29 is 5.11 Å². The minimum Gasteiger partial charge on any atom is -0.387 e. The van der Waals surface area contributed by atoms with Gasteiger partial charge in [0.05, 0.1) is 6.10 Å². The molecule has 1 aromatic carbocycles. The van der Waals surface area contributed by atoms with Crippen LogP contribution in [0, 0.1) is 0 Å². The molecule has 74 valence electrons. The highest BCUT2D eigenvalue weighted by molar-refractivity contribution is 7.17. The van der Waals surface area contributed by atoms with Crippen LogP contribution in [-0.4, -0.2) is 18.7 Å². The number of hydrogen-bond donors (Lipinski definition) is 2. The molecular weight excluding hydrogens is 194 g/mol. The zero-order chi connectivity index (χ0) is 9.97. The average Bonchev–Trinajstić information content (AvgIpc) is 2.64. The van der Waals surface area contributed by atoms with Gasteiger partial charge in [0.2, 0.25) is 0 Å². The Kier molecular flexibility index (Phi) is 2.82. The lowest BCUT2D eigenvalue weighted by Crippen LogP contribution is -2.16. The lowest BCUT2D eigenvalue weighted by molar-refractivity contribution is 0.178. The monoisotopic (exact) mass is 207 g/mol. The van der Waals surface area contributed by atoms with Crippen molar-refractivity contribution in [2.45, 2.75) is 6.10 Å². The summed E-state index contributed by atoms with van der Waals surface area (Å²) in [5, 5.41) is 16.0. The third-order valence-corrected chi connectivity index (χ3v) is 3.14. The van der Waals surface area contributed by atoms with Crippen LogP contribution in [0.25, 0.3) is 10.1 Å². The van der Waals surface area contributed by atoms with Crippen LogP contribution in [0.1, 0.15) is 11.7 Å². The molecule has 2 N–H and O–H groups in total. The van der Waals surface area contributed by atoms with E-state index < -0.39 is 6.10 Å². The fraction of sp³-hybridized carbons (Fsp3) is 0.273. The molecule has 0 bridgehead atoms. The fourth-order valence-corrected chi connectivity index (χ4v) is 2.33. The van der Waals surface area contributed by atoms with E-state index in [4.69, 9.17) is 0 Å². The number of benzene rings is 1. The van der Waals surface area contributed by atoms with Gasteiger partial charge >= 0.3 is 0 Å². The van der Waals surface area contributed by atoms with E-state index >= 15 is 0 Å². The Balaban J connectivity index is 2.33. The molecule has 2 aromatic rings. The van der Waals surface area contributed by atoms with Gasteiger partial charge in [-0.05, 0) is 35.5 Å². The van der Waals surface area contributed by atoms with Crippen LogP contribution < -0.4 is 5.32 Å². The molecule has 0 aliphatic carbocycles. The molecule has 0 amide bonds.